The highest BCUT2D eigenvalue weighted by atomic mass is 127. The summed E-state index contributed by atoms with van der Waals surface area (Å²) in [7, 11) is 3.26. The second kappa shape index (κ2) is 11.5. The predicted octanol–water partition coefficient (Wildman–Crippen LogP) is 2.85. The van der Waals surface area contributed by atoms with E-state index in [0.29, 0.717) is 36.0 Å². The summed E-state index contributed by atoms with van der Waals surface area (Å²) in [5.41, 5.74) is 7.07. The second-order valence-electron chi connectivity index (χ2n) is 6.96. The highest BCUT2D eigenvalue weighted by molar-refractivity contribution is 14.0. The molecule has 1 aliphatic rings. The smallest absolute Gasteiger partial charge is 0.188 e. The molecule has 26 heavy (non-hydrogen) atoms. The summed E-state index contributed by atoms with van der Waals surface area (Å²) in [4.78, 5) is 7.00. The molecule has 7 heteroatoms. The van der Waals surface area contributed by atoms with Gasteiger partial charge in [0, 0.05) is 19.1 Å². The van der Waals surface area contributed by atoms with Crippen LogP contribution in [0.2, 0.25) is 0 Å². The van der Waals surface area contributed by atoms with E-state index in [4.69, 9.17) is 15.2 Å². The molecule has 1 aromatic carbocycles. The molecular weight excluding hydrogens is 443 g/mol. The molecule has 0 unspecified atom stereocenters. The molecule has 0 bridgehead atoms. The van der Waals surface area contributed by atoms with Crippen LogP contribution in [0.5, 0.6) is 11.5 Å². The molecule has 6 nitrogen and oxygen atoms in total. The second-order valence-corrected chi connectivity index (χ2v) is 6.96. The SMILES string of the molecule is COc1ccc(CN=C(N)NC[C@H]2CCCN2CC(C)C)cc1OC.I. The van der Waals surface area contributed by atoms with Gasteiger partial charge in [-0.3, -0.25) is 4.90 Å². The van der Waals surface area contributed by atoms with E-state index in [0.717, 1.165) is 18.7 Å². The Morgan fingerprint density at radius 2 is 2.04 bits per heavy atom. The lowest BCUT2D eigenvalue weighted by Gasteiger charge is -2.26. The summed E-state index contributed by atoms with van der Waals surface area (Å²) in [5, 5.41) is 3.28. The van der Waals surface area contributed by atoms with Crippen LogP contribution in [-0.2, 0) is 6.54 Å². The quantitative estimate of drug-likeness (QED) is 0.343. The van der Waals surface area contributed by atoms with Gasteiger partial charge in [0.05, 0.1) is 20.8 Å². The number of aliphatic imine (C=N–C) groups is 1. The first kappa shape index (κ1) is 22.8. The van der Waals surface area contributed by atoms with Crippen molar-refractivity contribution in [2.45, 2.75) is 39.3 Å². The lowest BCUT2D eigenvalue weighted by molar-refractivity contribution is 0.227. The number of nitrogens with one attached hydrogen (secondary N) is 1. The van der Waals surface area contributed by atoms with Crippen LogP contribution in [0.25, 0.3) is 0 Å². The Morgan fingerprint density at radius 1 is 1.31 bits per heavy atom. The topological polar surface area (TPSA) is 72.1 Å². The zero-order valence-corrected chi connectivity index (χ0v) is 18.7. The Morgan fingerprint density at radius 3 is 2.69 bits per heavy atom. The van der Waals surface area contributed by atoms with E-state index >= 15 is 0 Å². The zero-order valence-electron chi connectivity index (χ0n) is 16.3. The fraction of sp³-hybridized carbons (Fsp3) is 0.632. The van der Waals surface area contributed by atoms with Crippen LogP contribution in [0, 0.1) is 5.92 Å². The van der Waals surface area contributed by atoms with E-state index in [9.17, 15) is 0 Å². The molecule has 2 rings (SSSR count). The summed E-state index contributed by atoms with van der Waals surface area (Å²) in [5.74, 6) is 2.60. The minimum absolute atomic E-state index is 0. The number of guanidine groups is 1. The van der Waals surface area contributed by atoms with E-state index in [1.807, 2.05) is 18.2 Å². The number of methoxy groups -OCH3 is 2. The highest BCUT2D eigenvalue weighted by Crippen LogP contribution is 2.27. The van der Waals surface area contributed by atoms with Crippen molar-refractivity contribution in [2.24, 2.45) is 16.6 Å². The Kier molecular flexibility index (Phi) is 10.1. The van der Waals surface area contributed by atoms with Crippen LogP contribution in [-0.4, -0.2) is 50.8 Å². The average molecular weight is 476 g/mol. The van der Waals surface area contributed by atoms with Crippen LogP contribution >= 0.6 is 24.0 Å². The minimum Gasteiger partial charge on any atom is -0.493 e. The van der Waals surface area contributed by atoms with Gasteiger partial charge in [-0.25, -0.2) is 4.99 Å². The number of hydrogen-bond donors (Lipinski definition) is 2. The van der Waals surface area contributed by atoms with Gasteiger partial charge in [-0.05, 0) is 43.0 Å². The third-order valence-corrected chi connectivity index (χ3v) is 4.50. The molecule has 1 heterocycles. The summed E-state index contributed by atoms with van der Waals surface area (Å²) in [6.45, 7) is 8.24. The van der Waals surface area contributed by atoms with Gasteiger partial charge in [-0.2, -0.15) is 0 Å². The third-order valence-electron chi connectivity index (χ3n) is 4.50. The molecule has 0 spiro atoms. The number of benzene rings is 1. The first-order valence-corrected chi connectivity index (χ1v) is 9.02. The summed E-state index contributed by atoms with van der Waals surface area (Å²) < 4.78 is 10.6. The monoisotopic (exact) mass is 476 g/mol. The van der Waals surface area contributed by atoms with Crippen LogP contribution < -0.4 is 20.5 Å². The number of hydrogen-bond acceptors (Lipinski definition) is 4. The molecule has 1 aliphatic heterocycles. The van der Waals surface area contributed by atoms with Gasteiger partial charge >= 0.3 is 0 Å². The Labute approximate surface area is 174 Å². The number of halogens is 1. The van der Waals surface area contributed by atoms with Crippen LogP contribution in [0.1, 0.15) is 32.3 Å². The predicted molar refractivity (Wildman–Crippen MR) is 118 cm³/mol. The van der Waals surface area contributed by atoms with Gasteiger partial charge in [0.2, 0.25) is 0 Å². The van der Waals surface area contributed by atoms with Gasteiger partial charge in [0.25, 0.3) is 0 Å². The lowest BCUT2D eigenvalue weighted by Crippen LogP contribution is -2.43. The van der Waals surface area contributed by atoms with E-state index in [1.165, 1.54) is 19.4 Å². The molecule has 3 N–H and O–H groups in total. The molecule has 1 aromatic rings. The first-order chi connectivity index (χ1) is 12.0. The first-order valence-electron chi connectivity index (χ1n) is 9.02. The minimum atomic E-state index is 0. The summed E-state index contributed by atoms with van der Waals surface area (Å²) >= 11 is 0. The fourth-order valence-electron chi connectivity index (χ4n) is 3.27. The van der Waals surface area contributed by atoms with E-state index in [2.05, 4.69) is 29.1 Å². The molecule has 0 aromatic heterocycles. The largest absolute Gasteiger partial charge is 0.493 e. The molecule has 1 atom stereocenters. The number of nitrogens with two attached hydrogens (primary N) is 1. The van der Waals surface area contributed by atoms with Crippen molar-refractivity contribution in [1.29, 1.82) is 0 Å². The normalized spacial score (nSPS) is 17.9. The van der Waals surface area contributed by atoms with Crippen LogP contribution in [0.4, 0.5) is 0 Å². The van der Waals surface area contributed by atoms with E-state index in [-0.39, 0.29) is 24.0 Å². The lowest BCUT2D eigenvalue weighted by atomic mass is 10.1. The molecule has 0 amide bonds. The molecule has 0 radical (unpaired) electrons. The van der Waals surface area contributed by atoms with E-state index < -0.39 is 0 Å². The van der Waals surface area contributed by atoms with Crippen molar-refractivity contribution in [1.82, 2.24) is 10.2 Å². The molecular formula is C19H33IN4O2. The van der Waals surface area contributed by atoms with Crippen LogP contribution in [0.15, 0.2) is 23.2 Å². The van der Waals surface area contributed by atoms with Gasteiger partial charge in [0.1, 0.15) is 0 Å². The Bertz CT molecular complexity index is 581. The maximum Gasteiger partial charge on any atom is 0.188 e. The van der Waals surface area contributed by atoms with E-state index in [1.54, 1.807) is 14.2 Å². The fourth-order valence-corrected chi connectivity index (χ4v) is 3.27. The maximum absolute atomic E-state index is 6.04. The maximum atomic E-state index is 6.04. The summed E-state index contributed by atoms with van der Waals surface area (Å²) in [6.07, 6.45) is 2.49. The van der Waals surface area contributed by atoms with Crippen LogP contribution in [0.3, 0.4) is 0 Å². The third kappa shape index (κ3) is 6.83. The van der Waals surface area contributed by atoms with Crippen molar-refractivity contribution >= 4 is 29.9 Å². The van der Waals surface area contributed by atoms with Crippen molar-refractivity contribution < 1.29 is 9.47 Å². The van der Waals surface area contributed by atoms with Crippen molar-refractivity contribution in [3.63, 3.8) is 0 Å². The number of likely N-dealkylation sites (tertiary alicyclic amines) is 1. The van der Waals surface area contributed by atoms with Crippen molar-refractivity contribution in [3.8, 4) is 11.5 Å². The summed E-state index contributed by atoms with van der Waals surface area (Å²) in [6, 6.07) is 6.34. The number of ether oxygens (including phenoxy) is 2. The van der Waals surface area contributed by atoms with Crippen molar-refractivity contribution in [2.75, 3.05) is 33.9 Å². The molecule has 0 aliphatic carbocycles. The van der Waals surface area contributed by atoms with Gasteiger partial charge in [-0.15, -0.1) is 24.0 Å². The Balaban J connectivity index is 0.00000338. The van der Waals surface area contributed by atoms with Gasteiger partial charge in [-0.1, -0.05) is 19.9 Å². The van der Waals surface area contributed by atoms with Crippen molar-refractivity contribution in [3.05, 3.63) is 23.8 Å². The average Bonchev–Trinajstić information content (AvgIpc) is 3.04. The molecule has 1 saturated heterocycles. The van der Waals surface area contributed by atoms with Gasteiger partial charge in [0.15, 0.2) is 17.5 Å². The number of rotatable bonds is 8. The highest BCUT2D eigenvalue weighted by Gasteiger charge is 2.24. The molecule has 1 fully saturated rings. The molecule has 0 saturated carbocycles. The number of nitrogens with zero attached hydrogens (tertiary/aromatic N) is 2. The Hall–Kier alpha value is -1.22. The van der Waals surface area contributed by atoms with Gasteiger partial charge < -0.3 is 20.5 Å². The molecule has 148 valence electrons. The standard InChI is InChI=1S/C19H32N4O2.HI/c1-14(2)13-23-9-5-6-16(23)12-22-19(20)21-11-15-7-8-17(24-3)18(10-15)25-4;/h7-8,10,14,16H,5-6,9,11-13H2,1-4H3,(H3,20,21,22);1H/t16-;/m1./s1. The zero-order chi connectivity index (χ0) is 18.2.